The number of carboxylic acids is 1. The fraction of sp³-hybridized carbons (Fsp3) is 0.400. The topological polar surface area (TPSA) is 92.7 Å². The highest BCUT2D eigenvalue weighted by atomic mass is 19.3. The minimum absolute atomic E-state index is 0.119. The number of esters is 2. The number of carbonyl (C=O) groups is 3. The highest BCUT2D eigenvalue weighted by Gasteiger charge is 2.33. The van der Waals surface area contributed by atoms with Gasteiger partial charge in [0.1, 0.15) is 11.6 Å². The van der Waals surface area contributed by atoms with Crippen LogP contribution in [-0.4, -0.2) is 36.0 Å². The van der Waals surface area contributed by atoms with Gasteiger partial charge in [-0.05, 0) is 45.0 Å². The molecule has 0 radical (unpaired) electrons. The number of hydrogen-bond acceptors (Lipinski definition) is 6. The van der Waals surface area contributed by atoms with Crippen LogP contribution in [0.2, 0.25) is 0 Å². The summed E-state index contributed by atoms with van der Waals surface area (Å²) in [5.74, 6) is -8.67. The van der Waals surface area contributed by atoms with Gasteiger partial charge in [-0.2, -0.15) is 8.78 Å². The normalized spacial score (nSPS) is 11.7. The molecule has 8 heteroatoms. The number of hydrogen-bond donors (Lipinski definition) is 0. The number of halogens is 2. The van der Waals surface area contributed by atoms with Gasteiger partial charge in [-0.3, -0.25) is 0 Å². The molecule has 0 aromatic heterocycles. The van der Waals surface area contributed by atoms with Crippen molar-refractivity contribution in [2.75, 3.05) is 6.61 Å². The van der Waals surface area contributed by atoms with Crippen LogP contribution in [-0.2, 0) is 14.3 Å². The van der Waals surface area contributed by atoms with Crippen LogP contribution in [0.15, 0.2) is 24.3 Å². The van der Waals surface area contributed by atoms with Crippen molar-refractivity contribution in [3.05, 3.63) is 35.4 Å². The zero-order valence-corrected chi connectivity index (χ0v) is 12.7. The van der Waals surface area contributed by atoms with Gasteiger partial charge in [-0.25, -0.2) is 9.59 Å². The molecule has 0 unspecified atom stereocenters. The predicted octanol–water partition coefficient (Wildman–Crippen LogP) is 1.18. The molecule has 0 aliphatic rings. The molecule has 23 heavy (non-hydrogen) atoms. The third-order valence-corrected chi connectivity index (χ3v) is 2.44. The Kier molecular flexibility index (Phi) is 5.42. The Morgan fingerprint density at radius 2 is 1.43 bits per heavy atom. The Labute approximate surface area is 131 Å². The van der Waals surface area contributed by atoms with Crippen molar-refractivity contribution in [3.63, 3.8) is 0 Å². The Morgan fingerprint density at radius 1 is 1.00 bits per heavy atom. The van der Waals surface area contributed by atoms with Crippen LogP contribution in [0.4, 0.5) is 8.78 Å². The van der Waals surface area contributed by atoms with Gasteiger partial charge in [-0.1, -0.05) is 0 Å². The van der Waals surface area contributed by atoms with E-state index in [1.165, 1.54) is 24.3 Å². The lowest BCUT2D eigenvalue weighted by Crippen LogP contribution is -2.45. The lowest BCUT2D eigenvalue weighted by atomic mass is 10.1. The van der Waals surface area contributed by atoms with E-state index in [2.05, 4.69) is 4.74 Å². The first-order valence-electron chi connectivity index (χ1n) is 6.52. The van der Waals surface area contributed by atoms with Crippen LogP contribution in [0.3, 0.4) is 0 Å². The molecule has 1 aromatic carbocycles. The van der Waals surface area contributed by atoms with Crippen molar-refractivity contribution in [1.29, 1.82) is 0 Å². The summed E-state index contributed by atoms with van der Waals surface area (Å²) in [4.78, 5) is 33.4. The molecule has 126 valence electrons. The lowest BCUT2D eigenvalue weighted by molar-refractivity contribution is -0.331. The SMILES string of the molecule is CC(C)(C)OC(=O)c1ccc(C(=O)OCC(F)(F)C(=O)[O-])cc1. The van der Waals surface area contributed by atoms with Crippen LogP contribution >= 0.6 is 0 Å². The number of aliphatic carboxylic acids is 1. The van der Waals surface area contributed by atoms with E-state index in [-0.39, 0.29) is 11.1 Å². The summed E-state index contributed by atoms with van der Waals surface area (Å²) >= 11 is 0. The summed E-state index contributed by atoms with van der Waals surface area (Å²) in [6, 6.07) is 4.89. The van der Waals surface area contributed by atoms with E-state index in [0.717, 1.165) is 0 Å². The van der Waals surface area contributed by atoms with Gasteiger partial charge in [0.2, 0.25) is 0 Å². The molecular formula is C15H15F2O6-. The fourth-order valence-electron chi connectivity index (χ4n) is 1.38. The Hall–Kier alpha value is -2.51. The third-order valence-electron chi connectivity index (χ3n) is 2.44. The van der Waals surface area contributed by atoms with Crippen molar-refractivity contribution in [1.82, 2.24) is 0 Å². The first-order chi connectivity index (χ1) is 10.4. The smallest absolute Gasteiger partial charge is 0.338 e. The van der Waals surface area contributed by atoms with E-state index in [1.807, 2.05) is 0 Å². The zero-order chi connectivity index (χ0) is 17.8. The Bertz CT molecular complexity index is 601. The molecule has 0 amide bonds. The Balaban J connectivity index is 2.71. The molecule has 0 N–H and O–H groups in total. The summed E-state index contributed by atoms with van der Waals surface area (Å²) in [6.45, 7) is 3.43. The van der Waals surface area contributed by atoms with Crippen molar-refractivity contribution in [2.45, 2.75) is 32.3 Å². The van der Waals surface area contributed by atoms with Gasteiger partial charge in [0, 0.05) is 0 Å². The number of ether oxygens (including phenoxy) is 2. The maximum atomic E-state index is 12.7. The summed E-state index contributed by atoms with van der Waals surface area (Å²) in [7, 11) is 0. The second-order valence-electron chi connectivity index (χ2n) is 5.65. The van der Waals surface area contributed by atoms with Crippen LogP contribution in [0, 0.1) is 0 Å². The molecule has 0 heterocycles. The molecule has 0 saturated carbocycles. The molecule has 1 aromatic rings. The molecule has 0 fully saturated rings. The van der Waals surface area contributed by atoms with E-state index in [4.69, 9.17) is 4.74 Å². The first kappa shape index (κ1) is 18.5. The minimum Gasteiger partial charge on any atom is -0.544 e. The van der Waals surface area contributed by atoms with E-state index in [0.29, 0.717) is 0 Å². The zero-order valence-electron chi connectivity index (χ0n) is 12.7. The number of benzene rings is 1. The third kappa shape index (κ3) is 5.65. The summed E-state index contributed by atoms with van der Waals surface area (Å²) in [5.41, 5.74) is -0.645. The maximum absolute atomic E-state index is 12.7. The van der Waals surface area contributed by atoms with E-state index < -0.39 is 36.0 Å². The second-order valence-corrected chi connectivity index (χ2v) is 5.65. The minimum atomic E-state index is -4.27. The van der Waals surface area contributed by atoms with Gasteiger partial charge >= 0.3 is 17.9 Å². The molecule has 0 atom stereocenters. The molecule has 6 nitrogen and oxygen atoms in total. The second kappa shape index (κ2) is 6.72. The van der Waals surface area contributed by atoms with Gasteiger partial charge in [0.05, 0.1) is 11.1 Å². The number of rotatable bonds is 5. The van der Waals surface area contributed by atoms with Crippen molar-refractivity contribution in [2.24, 2.45) is 0 Å². The van der Waals surface area contributed by atoms with Gasteiger partial charge in [0.25, 0.3) is 0 Å². The van der Waals surface area contributed by atoms with Crippen molar-refractivity contribution < 1.29 is 37.7 Å². The van der Waals surface area contributed by atoms with Crippen LogP contribution in [0.1, 0.15) is 41.5 Å². The number of alkyl halides is 2. The summed E-state index contributed by atoms with van der Waals surface area (Å²) in [5, 5.41) is 10.1. The van der Waals surface area contributed by atoms with Crippen molar-refractivity contribution in [3.8, 4) is 0 Å². The Morgan fingerprint density at radius 3 is 1.83 bits per heavy atom. The predicted molar refractivity (Wildman–Crippen MR) is 71.8 cm³/mol. The number of carboxylic acid groups (broad SMARTS) is 1. The van der Waals surface area contributed by atoms with Crippen molar-refractivity contribution >= 4 is 17.9 Å². The van der Waals surface area contributed by atoms with E-state index in [1.54, 1.807) is 20.8 Å². The molecule has 1 rings (SSSR count). The molecule has 0 bridgehead atoms. The molecule has 0 spiro atoms. The van der Waals surface area contributed by atoms with Crippen LogP contribution in [0.25, 0.3) is 0 Å². The standard InChI is InChI=1S/C15H16F2O6/c1-14(2,3)23-12(19)10-6-4-9(5-7-10)11(18)22-8-15(16,17)13(20)21/h4-7H,8H2,1-3H3,(H,20,21)/p-1. The average molecular weight is 329 g/mol. The molecule has 0 aliphatic heterocycles. The monoisotopic (exact) mass is 329 g/mol. The summed E-state index contributed by atoms with van der Waals surface area (Å²) < 4.78 is 34.8. The summed E-state index contributed by atoms with van der Waals surface area (Å²) in [6.07, 6.45) is 0. The fourth-order valence-corrected chi connectivity index (χ4v) is 1.38. The van der Waals surface area contributed by atoms with Gasteiger partial charge in [0.15, 0.2) is 6.61 Å². The average Bonchev–Trinajstić information content (AvgIpc) is 2.43. The lowest BCUT2D eigenvalue weighted by Gasteiger charge is -2.19. The van der Waals surface area contributed by atoms with Crippen LogP contribution in [0.5, 0.6) is 0 Å². The van der Waals surface area contributed by atoms with Crippen LogP contribution < -0.4 is 5.11 Å². The van der Waals surface area contributed by atoms with E-state index >= 15 is 0 Å². The highest BCUT2D eigenvalue weighted by Crippen LogP contribution is 2.15. The van der Waals surface area contributed by atoms with Gasteiger partial charge < -0.3 is 19.4 Å². The largest absolute Gasteiger partial charge is 0.544 e. The maximum Gasteiger partial charge on any atom is 0.338 e. The first-order valence-corrected chi connectivity index (χ1v) is 6.52. The van der Waals surface area contributed by atoms with E-state index in [9.17, 15) is 28.3 Å². The quantitative estimate of drug-likeness (QED) is 0.753. The molecular weight excluding hydrogens is 314 g/mol. The highest BCUT2D eigenvalue weighted by molar-refractivity contribution is 5.93. The molecule has 0 saturated heterocycles. The number of carbonyl (C=O) groups excluding carboxylic acids is 3. The van der Waals surface area contributed by atoms with Gasteiger partial charge in [-0.15, -0.1) is 0 Å². The molecule has 0 aliphatic carbocycles.